The van der Waals surface area contributed by atoms with Gasteiger partial charge in [0, 0.05) is 0 Å². The first-order chi connectivity index (χ1) is 10.9. The number of carboxylic acids is 1. The van der Waals surface area contributed by atoms with Gasteiger partial charge in [0.2, 0.25) is 0 Å². The van der Waals surface area contributed by atoms with E-state index in [4.69, 9.17) is 34.0 Å². The van der Waals surface area contributed by atoms with Crippen molar-refractivity contribution >= 4 is 45.8 Å². The molecule has 0 radical (unpaired) electrons. The molecular formula is C15H14Cl2N2O3S. The molecule has 0 aliphatic heterocycles. The number of aliphatic carboxylic acids is 1. The monoisotopic (exact) mass is 372 g/mol. The van der Waals surface area contributed by atoms with Crippen LogP contribution in [-0.2, 0) is 22.2 Å². The number of hydrogen-bond donors (Lipinski definition) is 3. The Balaban J connectivity index is 2.21. The van der Waals surface area contributed by atoms with E-state index in [1.165, 1.54) is 0 Å². The average Bonchev–Trinajstić information content (AvgIpc) is 2.51. The number of hydrogen-bond acceptors (Lipinski definition) is 3. The molecule has 23 heavy (non-hydrogen) atoms. The average molecular weight is 373 g/mol. The Morgan fingerprint density at radius 2 is 1.78 bits per heavy atom. The molecule has 0 aromatic heterocycles. The van der Waals surface area contributed by atoms with E-state index in [0.29, 0.717) is 16.1 Å². The van der Waals surface area contributed by atoms with Crippen molar-refractivity contribution < 1.29 is 14.1 Å². The molecule has 2 aromatic carbocycles. The number of nitrogens with two attached hydrogens (primary N) is 1. The normalized spacial score (nSPS) is 13.3. The third-order valence-electron chi connectivity index (χ3n) is 3.03. The van der Waals surface area contributed by atoms with Gasteiger partial charge < -0.3 is 10.8 Å². The predicted molar refractivity (Wildman–Crippen MR) is 92.3 cm³/mol. The predicted octanol–water partition coefficient (Wildman–Crippen LogP) is 3.08. The SMILES string of the molecule is NC(Cc1cc(Cl)c(NS(=O)c2ccccc2)c(Cl)c1)C(=O)O. The Hall–Kier alpha value is -1.60. The number of halogens is 2. The lowest BCUT2D eigenvalue weighted by atomic mass is 10.1. The van der Waals surface area contributed by atoms with Crippen LogP contribution in [0.3, 0.4) is 0 Å². The van der Waals surface area contributed by atoms with Crippen molar-refractivity contribution in [1.29, 1.82) is 0 Å². The molecule has 0 amide bonds. The van der Waals surface area contributed by atoms with Crippen LogP contribution in [0.25, 0.3) is 0 Å². The summed E-state index contributed by atoms with van der Waals surface area (Å²) in [6.07, 6.45) is 0.0941. The van der Waals surface area contributed by atoms with Crippen molar-refractivity contribution in [2.24, 2.45) is 5.73 Å². The summed E-state index contributed by atoms with van der Waals surface area (Å²) in [7, 11) is -1.52. The van der Waals surface area contributed by atoms with E-state index in [-0.39, 0.29) is 16.5 Å². The summed E-state index contributed by atoms with van der Waals surface area (Å²) < 4.78 is 15.0. The van der Waals surface area contributed by atoms with Gasteiger partial charge in [-0.2, -0.15) is 0 Å². The molecule has 0 spiro atoms. The molecule has 0 saturated heterocycles. The first-order valence-corrected chi connectivity index (χ1v) is 8.49. The van der Waals surface area contributed by atoms with E-state index in [9.17, 15) is 9.00 Å². The minimum atomic E-state index is -1.52. The van der Waals surface area contributed by atoms with Crippen LogP contribution >= 0.6 is 23.2 Å². The highest BCUT2D eigenvalue weighted by atomic mass is 35.5. The lowest BCUT2D eigenvalue weighted by Gasteiger charge is -2.13. The number of carboxylic acid groups (broad SMARTS) is 1. The van der Waals surface area contributed by atoms with Crippen molar-refractivity contribution in [3.05, 3.63) is 58.1 Å². The molecule has 4 N–H and O–H groups in total. The summed E-state index contributed by atoms with van der Waals surface area (Å²) in [5, 5.41) is 9.33. The van der Waals surface area contributed by atoms with E-state index in [0.717, 1.165) is 0 Å². The highest BCUT2D eigenvalue weighted by molar-refractivity contribution is 7.86. The van der Waals surface area contributed by atoms with E-state index >= 15 is 0 Å². The summed E-state index contributed by atoms with van der Waals surface area (Å²) in [6.45, 7) is 0. The van der Waals surface area contributed by atoms with Gasteiger partial charge >= 0.3 is 5.97 Å². The van der Waals surface area contributed by atoms with Crippen molar-refractivity contribution in [3.63, 3.8) is 0 Å². The maximum Gasteiger partial charge on any atom is 0.320 e. The number of carbonyl (C=O) groups is 1. The molecule has 8 heteroatoms. The molecule has 2 rings (SSSR count). The first-order valence-electron chi connectivity index (χ1n) is 6.58. The minimum absolute atomic E-state index is 0.0941. The Labute approximate surface area is 146 Å². The van der Waals surface area contributed by atoms with Gasteiger partial charge in [0.1, 0.15) is 17.0 Å². The summed E-state index contributed by atoms with van der Waals surface area (Å²) in [4.78, 5) is 11.4. The van der Waals surface area contributed by atoms with Crippen LogP contribution in [0.2, 0.25) is 10.0 Å². The highest BCUT2D eigenvalue weighted by Gasteiger charge is 2.16. The fourth-order valence-corrected chi connectivity index (χ4v) is 3.54. The molecule has 2 unspecified atom stereocenters. The topological polar surface area (TPSA) is 92.4 Å². The van der Waals surface area contributed by atoms with Crippen molar-refractivity contribution in [1.82, 2.24) is 0 Å². The zero-order valence-corrected chi connectivity index (χ0v) is 14.2. The first kappa shape index (κ1) is 17.7. The second-order valence-corrected chi connectivity index (χ2v) is 6.79. The van der Waals surface area contributed by atoms with Gasteiger partial charge in [-0.3, -0.25) is 9.52 Å². The van der Waals surface area contributed by atoms with Crippen molar-refractivity contribution in [3.8, 4) is 0 Å². The van der Waals surface area contributed by atoms with Crippen LogP contribution in [0.4, 0.5) is 5.69 Å². The summed E-state index contributed by atoms with van der Waals surface area (Å²) in [5.41, 5.74) is 6.40. The van der Waals surface area contributed by atoms with E-state index in [1.807, 2.05) is 6.07 Å². The number of anilines is 1. The highest BCUT2D eigenvalue weighted by Crippen LogP contribution is 2.33. The fourth-order valence-electron chi connectivity index (χ4n) is 1.88. The van der Waals surface area contributed by atoms with Gasteiger partial charge in [-0.1, -0.05) is 41.4 Å². The molecule has 122 valence electrons. The Kier molecular flexibility index (Phi) is 6.01. The van der Waals surface area contributed by atoms with Crippen LogP contribution in [-0.4, -0.2) is 21.3 Å². The van der Waals surface area contributed by atoms with Gasteiger partial charge in [-0.05, 0) is 36.2 Å². The van der Waals surface area contributed by atoms with E-state index in [1.54, 1.807) is 36.4 Å². The maximum atomic E-state index is 12.3. The lowest BCUT2D eigenvalue weighted by Crippen LogP contribution is -2.32. The Morgan fingerprint density at radius 3 is 2.30 bits per heavy atom. The molecule has 0 saturated carbocycles. The fraction of sp³-hybridized carbons (Fsp3) is 0.133. The standard InChI is InChI=1S/C15H14Cl2N2O3S/c16-11-6-9(8-13(18)15(20)21)7-12(17)14(11)19-23(22)10-4-2-1-3-5-10/h1-7,13,19H,8,18H2,(H,20,21). The number of benzene rings is 2. The number of rotatable bonds is 6. The second kappa shape index (κ2) is 7.79. The zero-order chi connectivity index (χ0) is 17.0. The summed E-state index contributed by atoms with van der Waals surface area (Å²) >= 11 is 12.3. The minimum Gasteiger partial charge on any atom is -0.480 e. The van der Waals surface area contributed by atoms with Gasteiger partial charge in [-0.25, -0.2) is 4.21 Å². The summed E-state index contributed by atoms with van der Waals surface area (Å²) in [5.74, 6) is -1.11. The molecule has 0 aliphatic carbocycles. The zero-order valence-electron chi connectivity index (χ0n) is 11.8. The molecule has 0 fully saturated rings. The van der Waals surface area contributed by atoms with Crippen molar-refractivity contribution in [2.45, 2.75) is 17.4 Å². The third-order valence-corrected chi connectivity index (χ3v) is 4.71. The van der Waals surface area contributed by atoms with Crippen LogP contribution < -0.4 is 10.5 Å². The van der Waals surface area contributed by atoms with Gasteiger partial charge in [0.25, 0.3) is 0 Å². The number of nitrogens with one attached hydrogen (secondary N) is 1. The molecule has 2 aromatic rings. The lowest BCUT2D eigenvalue weighted by molar-refractivity contribution is -0.138. The van der Waals surface area contributed by atoms with Crippen molar-refractivity contribution in [2.75, 3.05) is 4.72 Å². The molecular weight excluding hydrogens is 359 g/mol. The van der Waals surface area contributed by atoms with Gasteiger partial charge in [0.15, 0.2) is 0 Å². The second-order valence-electron chi connectivity index (χ2n) is 4.77. The molecule has 5 nitrogen and oxygen atoms in total. The maximum absolute atomic E-state index is 12.3. The molecule has 0 aliphatic rings. The molecule has 2 atom stereocenters. The summed E-state index contributed by atoms with van der Waals surface area (Å²) in [6, 6.07) is 10.9. The Bertz CT molecular complexity index is 718. The van der Waals surface area contributed by atoms with Crippen LogP contribution in [0.15, 0.2) is 47.4 Å². The largest absolute Gasteiger partial charge is 0.480 e. The third kappa shape index (κ3) is 4.68. The Morgan fingerprint density at radius 1 is 1.22 bits per heavy atom. The van der Waals surface area contributed by atoms with Gasteiger partial charge in [0.05, 0.1) is 20.6 Å². The van der Waals surface area contributed by atoms with Crippen LogP contribution in [0.5, 0.6) is 0 Å². The van der Waals surface area contributed by atoms with Gasteiger partial charge in [-0.15, -0.1) is 0 Å². The van der Waals surface area contributed by atoms with E-state index in [2.05, 4.69) is 4.72 Å². The smallest absolute Gasteiger partial charge is 0.320 e. The quantitative estimate of drug-likeness (QED) is 0.726. The van der Waals surface area contributed by atoms with Crippen LogP contribution in [0, 0.1) is 0 Å². The molecule has 0 bridgehead atoms. The van der Waals surface area contributed by atoms with Crippen LogP contribution in [0.1, 0.15) is 5.56 Å². The molecule has 0 heterocycles. The van der Waals surface area contributed by atoms with E-state index < -0.39 is 23.0 Å².